The Morgan fingerprint density at radius 2 is 1.67 bits per heavy atom. The quantitative estimate of drug-likeness (QED) is 0.864. The molecule has 112 valence electrons. The largest absolute Gasteiger partial charge is 0.304 e. The van der Waals surface area contributed by atoms with Crippen LogP contribution >= 0.6 is 0 Å². The lowest BCUT2D eigenvalue weighted by Crippen LogP contribution is -2.43. The van der Waals surface area contributed by atoms with Crippen LogP contribution < -0.4 is 0 Å². The lowest BCUT2D eigenvalue weighted by atomic mass is 10.2. The molecule has 21 heavy (non-hydrogen) atoms. The number of benzene rings is 1. The Hall–Kier alpha value is -1.65. The number of hydrogen-bond donors (Lipinski definition) is 0. The molecular formula is C17H24N4. The Kier molecular flexibility index (Phi) is 4.08. The van der Waals surface area contributed by atoms with Crippen molar-refractivity contribution in [2.75, 3.05) is 33.2 Å². The minimum Gasteiger partial charge on any atom is -0.304 e. The maximum Gasteiger partial charge on any atom is 0.0648 e. The summed E-state index contributed by atoms with van der Waals surface area (Å²) in [4.78, 5) is 4.91. The normalized spacial score (nSPS) is 17.3. The molecular weight excluding hydrogens is 260 g/mol. The fourth-order valence-electron chi connectivity index (χ4n) is 2.79. The third kappa shape index (κ3) is 3.17. The van der Waals surface area contributed by atoms with Crippen LogP contribution in [0.25, 0.3) is 5.69 Å². The summed E-state index contributed by atoms with van der Waals surface area (Å²) < 4.78 is 2.05. The summed E-state index contributed by atoms with van der Waals surface area (Å²) in [6, 6.07) is 8.54. The van der Waals surface area contributed by atoms with Crippen molar-refractivity contribution in [3.8, 4) is 5.69 Å². The van der Waals surface area contributed by atoms with E-state index >= 15 is 0 Å². The van der Waals surface area contributed by atoms with E-state index in [1.54, 1.807) is 0 Å². The first-order chi connectivity index (χ1) is 10.1. The Bertz CT molecular complexity index is 592. The third-order valence-corrected chi connectivity index (χ3v) is 4.38. The predicted molar refractivity (Wildman–Crippen MR) is 85.8 cm³/mol. The van der Waals surface area contributed by atoms with Crippen LogP contribution in [0, 0.1) is 13.8 Å². The van der Waals surface area contributed by atoms with E-state index in [1.807, 2.05) is 10.9 Å². The van der Waals surface area contributed by atoms with Crippen molar-refractivity contribution in [2.24, 2.45) is 0 Å². The van der Waals surface area contributed by atoms with Crippen molar-refractivity contribution in [3.05, 3.63) is 47.3 Å². The van der Waals surface area contributed by atoms with Gasteiger partial charge in [-0.25, -0.2) is 4.68 Å². The molecule has 1 fully saturated rings. The fraction of sp³-hybridized carbons (Fsp3) is 0.471. The standard InChI is InChI=1S/C17H24N4/c1-14-4-6-17(7-5-14)21-15(2)16(12-18-21)13-20-10-8-19(3)9-11-20/h4-7,12H,8-11,13H2,1-3H3. The van der Waals surface area contributed by atoms with Gasteiger partial charge in [0.1, 0.15) is 0 Å². The van der Waals surface area contributed by atoms with Gasteiger partial charge in [0.05, 0.1) is 11.9 Å². The average Bonchev–Trinajstić information content (AvgIpc) is 2.84. The molecule has 1 saturated heterocycles. The van der Waals surface area contributed by atoms with Crippen molar-refractivity contribution < 1.29 is 0 Å². The molecule has 0 amide bonds. The van der Waals surface area contributed by atoms with Gasteiger partial charge in [-0.3, -0.25) is 4.90 Å². The van der Waals surface area contributed by atoms with Crippen LogP contribution in [0.15, 0.2) is 30.5 Å². The number of likely N-dealkylation sites (N-methyl/N-ethyl adjacent to an activating group) is 1. The van der Waals surface area contributed by atoms with Gasteiger partial charge in [0.25, 0.3) is 0 Å². The first-order valence-corrected chi connectivity index (χ1v) is 7.65. The van der Waals surface area contributed by atoms with E-state index in [9.17, 15) is 0 Å². The Balaban J connectivity index is 1.75. The van der Waals surface area contributed by atoms with Crippen LogP contribution in [-0.4, -0.2) is 52.8 Å². The van der Waals surface area contributed by atoms with E-state index in [-0.39, 0.29) is 0 Å². The molecule has 4 nitrogen and oxygen atoms in total. The van der Waals surface area contributed by atoms with E-state index < -0.39 is 0 Å². The van der Waals surface area contributed by atoms with Crippen LogP contribution in [0.5, 0.6) is 0 Å². The van der Waals surface area contributed by atoms with Crippen molar-refractivity contribution in [2.45, 2.75) is 20.4 Å². The SMILES string of the molecule is Cc1ccc(-n2ncc(CN3CCN(C)CC3)c2C)cc1. The highest BCUT2D eigenvalue weighted by Gasteiger charge is 2.16. The summed E-state index contributed by atoms with van der Waals surface area (Å²) in [6.45, 7) is 9.88. The van der Waals surface area contributed by atoms with Crippen molar-refractivity contribution in [1.82, 2.24) is 19.6 Å². The number of piperazine rings is 1. The second-order valence-electron chi connectivity index (χ2n) is 6.08. The highest BCUT2D eigenvalue weighted by Crippen LogP contribution is 2.17. The van der Waals surface area contributed by atoms with Crippen molar-refractivity contribution in [1.29, 1.82) is 0 Å². The number of rotatable bonds is 3. The molecule has 1 aliphatic heterocycles. The Labute approximate surface area is 127 Å². The molecule has 0 saturated carbocycles. The van der Waals surface area contributed by atoms with Crippen LogP contribution in [0.3, 0.4) is 0 Å². The molecule has 0 aliphatic carbocycles. The van der Waals surface area contributed by atoms with Gasteiger partial charge < -0.3 is 4.90 Å². The number of aryl methyl sites for hydroxylation is 1. The molecule has 1 aliphatic rings. The zero-order valence-corrected chi connectivity index (χ0v) is 13.2. The van der Waals surface area contributed by atoms with Gasteiger partial charge in [-0.05, 0) is 33.0 Å². The summed E-state index contributed by atoms with van der Waals surface area (Å²) in [6.07, 6.45) is 2.02. The molecule has 0 unspecified atom stereocenters. The second-order valence-corrected chi connectivity index (χ2v) is 6.08. The van der Waals surface area contributed by atoms with E-state index in [2.05, 4.69) is 60.1 Å². The van der Waals surface area contributed by atoms with Crippen LogP contribution in [0.1, 0.15) is 16.8 Å². The smallest absolute Gasteiger partial charge is 0.0648 e. The van der Waals surface area contributed by atoms with Crippen LogP contribution in [-0.2, 0) is 6.54 Å². The summed E-state index contributed by atoms with van der Waals surface area (Å²) >= 11 is 0. The van der Waals surface area contributed by atoms with Gasteiger partial charge >= 0.3 is 0 Å². The highest BCUT2D eigenvalue weighted by molar-refractivity contribution is 5.36. The summed E-state index contributed by atoms with van der Waals surface area (Å²) in [5, 5.41) is 4.58. The topological polar surface area (TPSA) is 24.3 Å². The minimum atomic E-state index is 1.01. The molecule has 1 aromatic heterocycles. The molecule has 2 heterocycles. The van der Waals surface area contributed by atoms with Gasteiger partial charge in [-0.2, -0.15) is 5.10 Å². The van der Waals surface area contributed by atoms with Crippen LogP contribution in [0.2, 0.25) is 0 Å². The molecule has 0 bridgehead atoms. The van der Waals surface area contributed by atoms with Gasteiger partial charge in [-0.15, -0.1) is 0 Å². The Morgan fingerprint density at radius 1 is 1.00 bits per heavy atom. The molecule has 2 aromatic rings. The molecule has 3 rings (SSSR count). The summed E-state index contributed by atoms with van der Waals surface area (Å²) in [5.74, 6) is 0. The number of hydrogen-bond acceptors (Lipinski definition) is 3. The molecule has 0 N–H and O–H groups in total. The maximum absolute atomic E-state index is 4.58. The van der Waals surface area contributed by atoms with E-state index in [0.717, 1.165) is 38.4 Å². The van der Waals surface area contributed by atoms with Gasteiger partial charge in [-0.1, -0.05) is 17.7 Å². The highest BCUT2D eigenvalue weighted by atomic mass is 15.3. The maximum atomic E-state index is 4.58. The predicted octanol–water partition coefficient (Wildman–Crippen LogP) is 2.24. The first-order valence-electron chi connectivity index (χ1n) is 7.65. The summed E-state index contributed by atoms with van der Waals surface area (Å²) in [5.41, 5.74) is 5.00. The van der Waals surface area contributed by atoms with Crippen molar-refractivity contribution in [3.63, 3.8) is 0 Å². The Morgan fingerprint density at radius 3 is 2.33 bits per heavy atom. The zero-order chi connectivity index (χ0) is 14.8. The van der Waals surface area contributed by atoms with E-state index in [1.165, 1.54) is 16.8 Å². The third-order valence-electron chi connectivity index (χ3n) is 4.38. The average molecular weight is 284 g/mol. The lowest BCUT2D eigenvalue weighted by molar-refractivity contribution is 0.148. The molecule has 0 spiro atoms. The molecule has 0 atom stereocenters. The molecule has 1 aromatic carbocycles. The first kappa shape index (κ1) is 14.3. The minimum absolute atomic E-state index is 1.01. The van der Waals surface area contributed by atoms with E-state index in [0.29, 0.717) is 0 Å². The van der Waals surface area contributed by atoms with Gasteiger partial charge in [0, 0.05) is 44.0 Å². The lowest BCUT2D eigenvalue weighted by Gasteiger charge is -2.32. The number of aromatic nitrogens is 2. The second kappa shape index (κ2) is 6.00. The van der Waals surface area contributed by atoms with Crippen LogP contribution in [0.4, 0.5) is 0 Å². The summed E-state index contributed by atoms with van der Waals surface area (Å²) in [7, 11) is 2.19. The molecule has 0 radical (unpaired) electrons. The molecule has 4 heteroatoms. The van der Waals surface area contributed by atoms with Crippen molar-refractivity contribution >= 4 is 0 Å². The zero-order valence-electron chi connectivity index (χ0n) is 13.2. The van der Waals surface area contributed by atoms with Gasteiger partial charge in [0.15, 0.2) is 0 Å². The number of nitrogens with zero attached hydrogens (tertiary/aromatic N) is 4. The monoisotopic (exact) mass is 284 g/mol. The van der Waals surface area contributed by atoms with Gasteiger partial charge in [0.2, 0.25) is 0 Å². The van der Waals surface area contributed by atoms with E-state index in [4.69, 9.17) is 0 Å². The fourth-order valence-corrected chi connectivity index (χ4v) is 2.79.